The number of rotatable bonds is 5. The largest absolute Gasteiger partial charge is 0.434 e. The third kappa shape index (κ3) is 3.64. The summed E-state index contributed by atoms with van der Waals surface area (Å²) in [6.07, 6.45) is 0.948. The summed E-state index contributed by atoms with van der Waals surface area (Å²) in [5.74, 6) is 0.0405. The summed E-state index contributed by atoms with van der Waals surface area (Å²) in [7, 11) is -3.57. The molecule has 0 aliphatic heterocycles. The average Bonchev–Trinajstić information content (AvgIpc) is 2.36. The van der Waals surface area contributed by atoms with Gasteiger partial charge in [0.15, 0.2) is 0 Å². The third-order valence-corrected chi connectivity index (χ3v) is 3.16. The van der Waals surface area contributed by atoms with Gasteiger partial charge in [0.05, 0.1) is 12.9 Å². The van der Waals surface area contributed by atoms with Crippen molar-refractivity contribution in [2.75, 3.05) is 6.26 Å². The molecular weight excluding hydrogens is 290 g/mol. The van der Waals surface area contributed by atoms with Crippen LogP contribution in [0.4, 0.5) is 8.78 Å². The van der Waals surface area contributed by atoms with Gasteiger partial charge in [0.1, 0.15) is 5.75 Å². The van der Waals surface area contributed by atoms with Gasteiger partial charge >= 0.3 is 6.61 Å². The summed E-state index contributed by atoms with van der Waals surface area (Å²) in [6, 6.07) is 9.59. The maximum atomic E-state index is 12.3. The molecule has 0 aliphatic carbocycles. The topological polar surface area (TPSA) is 52.6 Å². The van der Waals surface area contributed by atoms with E-state index in [1.165, 1.54) is 12.1 Å². The smallest absolute Gasteiger partial charge is 0.387 e. The molecule has 20 heavy (non-hydrogen) atoms. The van der Waals surface area contributed by atoms with E-state index >= 15 is 0 Å². The number of hydrogen-bond acceptors (Lipinski definition) is 4. The first kappa shape index (κ1) is 14.7. The first-order valence-corrected chi connectivity index (χ1v) is 7.48. The van der Waals surface area contributed by atoms with Crippen molar-refractivity contribution in [2.24, 2.45) is 0 Å². The van der Waals surface area contributed by atoms with E-state index in [2.05, 4.69) is 4.74 Å². The first-order valence-electron chi connectivity index (χ1n) is 5.66. The molecule has 7 heteroatoms. The molecule has 108 valence electrons. The van der Waals surface area contributed by atoms with E-state index in [9.17, 15) is 17.2 Å². The molecule has 0 heterocycles. The maximum absolute atomic E-state index is 12.3. The van der Waals surface area contributed by atoms with E-state index in [4.69, 9.17) is 4.18 Å². The summed E-state index contributed by atoms with van der Waals surface area (Å²) in [5.41, 5.74) is 0.577. The van der Waals surface area contributed by atoms with Crippen LogP contribution in [0, 0.1) is 0 Å². The van der Waals surface area contributed by atoms with Crippen molar-refractivity contribution >= 4 is 20.9 Å². The SMILES string of the molecule is CS(=O)(=O)OCc1ccc(OC(F)F)c2ccccc12. The highest BCUT2D eigenvalue weighted by Gasteiger charge is 2.12. The highest BCUT2D eigenvalue weighted by molar-refractivity contribution is 7.85. The van der Waals surface area contributed by atoms with E-state index in [1.807, 2.05) is 0 Å². The maximum Gasteiger partial charge on any atom is 0.387 e. The van der Waals surface area contributed by atoms with Gasteiger partial charge < -0.3 is 4.74 Å². The zero-order chi connectivity index (χ0) is 14.8. The lowest BCUT2D eigenvalue weighted by molar-refractivity contribution is -0.0488. The fraction of sp³-hybridized carbons (Fsp3) is 0.231. The minimum atomic E-state index is -3.57. The van der Waals surface area contributed by atoms with E-state index in [1.54, 1.807) is 24.3 Å². The first-order chi connectivity index (χ1) is 9.37. The number of alkyl halides is 2. The van der Waals surface area contributed by atoms with Crippen molar-refractivity contribution in [3.63, 3.8) is 0 Å². The van der Waals surface area contributed by atoms with Gasteiger partial charge in [-0.3, -0.25) is 4.18 Å². The zero-order valence-corrected chi connectivity index (χ0v) is 11.4. The highest BCUT2D eigenvalue weighted by Crippen LogP contribution is 2.30. The van der Waals surface area contributed by atoms with Crippen LogP contribution >= 0.6 is 0 Å². The van der Waals surface area contributed by atoms with Crippen molar-refractivity contribution in [1.29, 1.82) is 0 Å². The molecule has 2 aromatic rings. The van der Waals surface area contributed by atoms with E-state index in [0.717, 1.165) is 6.26 Å². The van der Waals surface area contributed by atoms with Crippen LogP contribution in [0.25, 0.3) is 10.8 Å². The minimum absolute atomic E-state index is 0.0405. The molecule has 0 radical (unpaired) electrons. The second-order valence-electron chi connectivity index (χ2n) is 4.11. The Balaban J connectivity index is 2.43. The van der Waals surface area contributed by atoms with Gasteiger partial charge in [-0.2, -0.15) is 17.2 Å². The molecule has 0 unspecified atom stereocenters. The molecule has 0 bridgehead atoms. The van der Waals surface area contributed by atoms with Crippen molar-refractivity contribution in [3.8, 4) is 5.75 Å². The lowest BCUT2D eigenvalue weighted by Crippen LogP contribution is -2.05. The molecule has 0 aromatic heterocycles. The van der Waals surface area contributed by atoms with Crippen LogP contribution in [0.3, 0.4) is 0 Å². The number of ether oxygens (including phenoxy) is 1. The second kappa shape index (κ2) is 5.72. The summed E-state index contributed by atoms with van der Waals surface area (Å²) in [4.78, 5) is 0. The van der Waals surface area contributed by atoms with E-state index in [-0.39, 0.29) is 12.4 Å². The van der Waals surface area contributed by atoms with Gasteiger partial charge in [0.2, 0.25) is 0 Å². The number of benzene rings is 2. The zero-order valence-electron chi connectivity index (χ0n) is 10.5. The molecule has 0 amide bonds. The van der Waals surface area contributed by atoms with Crippen molar-refractivity contribution < 1.29 is 26.1 Å². The molecule has 2 aromatic carbocycles. The molecule has 0 saturated heterocycles. The Kier molecular flexibility index (Phi) is 4.20. The van der Waals surface area contributed by atoms with Gasteiger partial charge in [0, 0.05) is 5.39 Å². The Labute approximate surface area is 115 Å². The summed E-state index contributed by atoms with van der Waals surface area (Å²) >= 11 is 0. The normalized spacial score (nSPS) is 12.0. The Morgan fingerprint density at radius 2 is 1.75 bits per heavy atom. The standard InChI is InChI=1S/C13H12F2O4S/c1-20(16,17)18-8-9-6-7-12(19-13(14)15)11-5-3-2-4-10(9)11/h2-7,13H,8H2,1H3. The van der Waals surface area contributed by atoms with Gasteiger partial charge in [-0.1, -0.05) is 30.3 Å². The third-order valence-electron chi connectivity index (χ3n) is 2.62. The minimum Gasteiger partial charge on any atom is -0.434 e. The average molecular weight is 302 g/mol. The van der Waals surface area contributed by atoms with E-state index in [0.29, 0.717) is 16.3 Å². The highest BCUT2D eigenvalue weighted by atomic mass is 32.2. The molecule has 0 atom stereocenters. The van der Waals surface area contributed by atoms with Crippen LogP contribution in [0.2, 0.25) is 0 Å². The van der Waals surface area contributed by atoms with Gasteiger partial charge in [-0.25, -0.2) is 0 Å². The predicted octanol–water partition coefficient (Wildman–Crippen LogP) is 2.92. The van der Waals surface area contributed by atoms with Gasteiger partial charge in [-0.05, 0) is 17.0 Å². The molecule has 0 spiro atoms. The monoisotopic (exact) mass is 302 g/mol. The van der Waals surface area contributed by atoms with Gasteiger partial charge in [0.25, 0.3) is 10.1 Å². The molecule has 0 fully saturated rings. The fourth-order valence-corrected chi connectivity index (χ4v) is 2.17. The Morgan fingerprint density at radius 1 is 1.10 bits per heavy atom. The number of halogens is 2. The Bertz CT molecular complexity index is 713. The molecule has 0 saturated carbocycles. The van der Waals surface area contributed by atoms with Crippen LogP contribution in [-0.2, 0) is 20.9 Å². The lowest BCUT2D eigenvalue weighted by Gasteiger charge is -2.11. The number of fused-ring (bicyclic) bond motifs is 1. The van der Waals surface area contributed by atoms with Crippen LogP contribution in [0.1, 0.15) is 5.56 Å². The molecular formula is C13H12F2O4S. The van der Waals surface area contributed by atoms with Gasteiger partial charge in [-0.15, -0.1) is 0 Å². The molecule has 4 nitrogen and oxygen atoms in total. The Morgan fingerprint density at radius 3 is 2.35 bits per heavy atom. The van der Waals surface area contributed by atoms with E-state index < -0.39 is 16.7 Å². The summed E-state index contributed by atoms with van der Waals surface area (Å²) in [6.45, 7) is -3.08. The van der Waals surface area contributed by atoms with Crippen molar-refractivity contribution in [3.05, 3.63) is 42.0 Å². The quantitative estimate of drug-likeness (QED) is 0.797. The molecule has 2 rings (SSSR count). The molecule has 0 aliphatic rings. The van der Waals surface area contributed by atoms with Crippen LogP contribution in [0.5, 0.6) is 5.75 Å². The van der Waals surface area contributed by atoms with Crippen LogP contribution in [0.15, 0.2) is 36.4 Å². The Hall–Kier alpha value is -1.73. The fourth-order valence-electron chi connectivity index (χ4n) is 1.83. The second-order valence-corrected chi connectivity index (χ2v) is 5.76. The summed E-state index contributed by atoms with van der Waals surface area (Å²) < 4.78 is 55.8. The number of hydrogen-bond donors (Lipinski definition) is 0. The predicted molar refractivity (Wildman–Crippen MR) is 70.2 cm³/mol. The summed E-state index contributed by atoms with van der Waals surface area (Å²) in [5, 5.41) is 1.08. The van der Waals surface area contributed by atoms with Crippen molar-refractivity contribution in [1.82, 2.24) is 0 Å². The lowest BCUT2D eigenvalue weighted by atomic mass is 10.0. The van der Waals surface area contributed by atoms with Crippen LogP contribution in [-0.4, -0.2) is 21.3 Å². The van der Waals surface area contributed by atoms with Crippen LogP contribution < -0.4 is 4.74 Å². The van der Waals surface area contributed by atoms with Crippen molar-refractivity contribution in [2.45, 2.75) is 13.2 Å². The molecule has 0 N–H and O–H groups in total.